The molecule has 24 heavy (non-hydrogen) atoms. The molecular formula is C20H28CuN2O. The van der Waals surface area contributed by atoms with Crippen LogP contribution in [0.25, 0.3) is 11.1 Å². The molecule has 0 saturated heterocycles. The summed E-state index contributed by atoms with van der Waals surface area (Å²) in [7, 11) is 0. The van der Waals surface area contributed by atoms with Gasteiger partial charge in [-0.2, -0.15) is 0 Å². The van der Waals surface area contributed by atoms with Gasteiger partial charge in [0.2, 0.25) is 0 Å². The van der Waals surface area contributed by atoms with Crippen molar-refractivity contribution in [2.75, 3.05) is 11.5 Å². The van der Waals surface area contributed by atoms with E-state index < -0.39 is 0 Å². The van der Waals surface area contributed by atoms with Crippen LogP contribution in [0.3, 0.4) is 0 Å². The zero-order valence-electron chi connectivity index (χ0n) is 15.3. The van der Waals surface area contributed by atoms with E-state index in [1.54, 1.807) is 6.07 Å². The normalized spacial score (nSPS) is 11.9. The minimum atomic E-state index is -0.171. The minimum absolute atomic E-state index is 0. The van der Waals surface area contributed by atoms with Gasteiger partial charge in [0.15, 0.2) is 0 Å². The van der Waals surface area contributed by atoms with Gasteiger partial charge in [0.25, 0.3) is 0 Å². The number of phenolic OH excluding ortho intramolecular Hbond substituents is 1. The molecule has 0 fully saturated rings. The molecule has 2 aromatic rings. The van der Waals surface area contributed by atoms with Gasteiger partial charge in [-0.05, 0) is 28.5 Å². The van der Waals surface area contributed by atoms with Crippen LogP contribution in [0.5, 0.6) is 5.75 Å². The molecule has 0 aliphatic carbocycles. The molecule has 0 heterocycles. The van der Waals surface area contributed by atoms with Crippen LogP contribution in [0.15, 0.2) is 30.3 Å². The first-order valence-corrected chi connectivity index (χ1v) is 7.95. The van der Waals surface area contributed by atoms with Crippen molar-refractivity contribution < 1.29 is 22.2 Å². The Balaban J connectivity index is 0.00000288. The molecule has 0 atom stereocenters. The smallest absolute Gasteiger partial charge is 0.127 e. The zero-order valence-corrected chi connectivity index (χ0v) is 16.2. The van der Waals surface area contributed by atoms with Crippen molar-refractivity contribution in [1.29, 1.82) is 0 Å². The average molecular weight is 376 g/mol. The number of aromatic hydroxyl groups is 1. The second-order valence-electron chi connectivity index (χ2n) is 8.23. The maximum absolute atomic E-state index is 10.9. The molecule has 5 N–H and O–H groups in total. The van der Waals surface area contributed by atoms with E-state index >= 15 is 0 Å². The number of benzene rings is 2. The number of nitrogen functional groups attached to an aromatic ring is 2. The van der Waals surface area contributed by atoms with Crippen LogP contribution < -0.4 is 11.5 Å². The van der Waals surface area contributed by atoms with Gasteiger partial charge < -0.3 is 16.6 Å². The number of nitrogens with two attached hydrogens (primary N) is 2. The Morgan fingerprint density at radius 2 is 1.42 bits per heavy atom. The van der Waals surface area contributed by atoms with Crippen molar-refractivity contribution in [2.24, 2.45) is 0 Å². The van der Waals surface area contributed by atoms with Crippen LogP contribution in [0.2, 0.25) is 0 Å². The van der Waals surface area contributed by atoms with Crippen LogP contribution in [-0.4, -0.2) is 5.11 Å². The molecule has 0 aliphatic heterocycles. The zero-order chi connectivity index (χ0) is 17.6. The van der Waals surface area contributed by atoms with Gasteiger partial charge in [-0.1, -0.05) is 59.7 Å². The summed E-state index contributed by atoms with van der Waals surface area (Å²) >= 11 is 0. The summed E-state index contributed by atoms with van der Waals surface area (Å²) < 4.78 is 0. The molecular weight excluding hydrogens is 348 g/mol. The van der Waals surface area contributed by atoms with Crippen molar-refractivity contribution in [1.82, 2.24) is 0 Å². The Morgan fingerprint density at radius 1 is 0.833 bits per heavy atom. The fraction of sp³-hybridized carbons (Fsp3) is 0.400. The number of rotatable bonds is 1. The van der Waals surface area contributed by atoms with E-state index in [4.69, 9.17) is 11.5 Å². The van der Waals surface area contributed by atoms with E-state index in [1.807, 2.05) is 18.2 Å². The first kappa shape index (κ1) is 20.4. The Kier molecular flexibility index (Phi) is 5.69. The third-order valence-corrected chi connectivity index (χ3v) is 4.21. The SMILES string of the molecule is CC(C)(C)c1cc(-c2cccc(N)c2N)c(O)c(C(C)(C)C)c1.[Cu]. The van der Waals surface area contributed by atoms with Crippen molar-refractivity contribution >= 4 is 11.4 Å². The molecule has 4 heteroatoms. The molecule has 0 saturated carbocycles. The summed E-state index contributed by atoms with van der Waals surface area (Å²) in [6.07, 6.45) is 0. The number of para-hydroxylation sites is 1. The Hall–Kier alpha value is -1.64. The van der Waals surface area contributed by atoms with E-state index in [0.29, 0.717) is 11.4 Å². The molecule has 2 rings (SSSR count). The molecule has 0 unspecified atom stereocenters. The topological polar surface area (TPSA) is 72.3 Å². The van der Waals surface area contributed by atoms with Gasteiger partial charge in [0, 0.05) is 33.8 Å². The van der Waals surface area contributed by atoms with E-state index in [1.165, 1.54) is 0 Å². The summed E-state index contributed by atoms with van der Waals surface area (Å²) in [6, 6.07) is 9.66. The summed E-state index contributed by atoms with van der Waals surface area (Å²) in [6.45, 7) is 12.8. The third kappa shape index (κ3) is 3.88. The summed E-state index contributed by atoms with van der Waals surface area (Å²) in [5.41, 5.74) is 16.6. The molecule has 0 aromatic heterocycles. The van der Waals surface area contributed by atoms with Crippen LogP contribution >= 0.6 is 0 Å². The minimum Gasteiger partial charge on any atom is -0.507 e. The van der Waals surface area contributed by atoms with Gasteiger partial charge in [-0.3, -0.25) is 0 Å². The first-order chi connectivity index (χ1) is 10.4. The van der Waals surface area contributed by atoms with Gasteiger partial charge >= 0.3 is 0 Å². The number of phenols is 1. The Labute approximate surface area is 155 Å². The van der Waals surface area contributed by atoms with Crippen molar-refractivity contribution in [2.45, 2.75) is 52.4 Å². The van der Waals surface area contributed by atoms with Crippen LogP contribution in [0, 0.1) is 0 Å². The molecule has 135 valence electrons. The van der Waals surface area contributed by atoms with E-state index in [0.717, 1.165) is 22.3 Å². The van der Waals surface area contributed by atoms with Crippen molar-refractivity contribution in [3.8, 4) is 16.9 Å². The molecule has 3 nitrogen and oxygen atoms in total. The molecule has 0 bridgehead atoms. The van der Waals surface area contributed by atoms with Crippen LogP contribution in [0.4, 0.5) is 11.4 Å². The van der Waals surface area contributed by atoms with E-state index in [2.05, 4.69) is 47.6 Å². The molecule has 0 amide bonds. The number of hydrogen-bond donors (Lipinski definition) is 3. The Morgan fingerprint density at radius 3 is 1.92 bits per heavy atom. The van der Waals surface area contributed by atoms with Gasteiger partial charge in [-0.15, -0.1) is 0 Å². The number of anilines is 2. The monoisotopic (exact) mass is 375 g/mol. The summed E-state index contributed by atoms with van der Waals surface area (Å²) in [5.74, 6) is 0.280. The van der Waals surface area contributed by atoms with Crippen LogP contribution in [0.1, 0.15) is 52.7 Å². The van der Waals surface area contributed by atoms with Gasteiger partial charge in [-0.25, -0.2) is 0 Å². The molecule has 1 radical (unpaired) electrons. The van der Waals surface area contributed by atoms with Crippen molar-refractivity contribution in [3.63, 3.8) is 0 Å². The number of hydrogen-bond acceptors (Lipinski definition) is 3. The molecule has 0 aliphatic rings. The van der Waals surface area contributed by atoms with Gasteiger partial charge in [0.05, 0.1) is 11.4 Å². The second-order valence-corrected chi connectivity index (χ2v) is 8.23. The van der Waals surface area contributed by atoms with Crippen LogP contribution in [-0.2, 0) is 27.9 Å². The maximum Gasteiger partial charge on any atom is 0.127 e. The van der Waals surface area contributed by atoms with Crippen molar-refractivity contribution in [3.05, 3.63) is 41.5 Å². The quantitative estimate of drug-likeness (QED) is 0.494. The molecule has 2 aromatic carbocycles. The largest absolute Gasteiger partial charge is 0.507 e. The predicted molar refractivity (Wildman–Crippen MR) is 99.8 cm³/mol. The average Bonchev–Trinajstić information content (AvgIpc) is 2.40. The third-order valence-electron chi connectivity index (χ3n) is 4.21. The molecule has 0 spiro atoms. The predicted octanol–water partition coefficient (Wildman–Crippen LogP) is 4.82. The van der Waals surface area contributed by atoms with Gasteiger partial charge in [0.1, 0.15) is 5.75 Å². The fourth-order valence-electron chi connectivity index (χ4n) is 2.66. The fourth-order valence-corrected chi connectivity index (χ4v) is 2.66. The second kappa shape index (κ2) is 6.70. The van der Waals surface area contributed by atoms with E-state index in [9.17, 15) is 5.11 Å². The standard InChI is InChI=1S/C20H28N2O.Cu/c1-19(2,3)12-10-14(13-8-7-9-16(21)17(13)22)18(23)15(11-12)20(4,5)6;/h7-11,23H,21-22H2,1-6H3;. The summed E-state index contributed by atoms with van der Waals surface area (Å²) in [5, 5.41) is 10.9. The maximum atomic E-state index is 10.9. The van der Waals surface area contributed by atoms with E-state index in [-0.39, 0.29) is 33.6 Å². The first-order valence-electron chi connectivity index (χ1n) is 7.95. The summed E-state index contributed by atoms with van der Waals surface area (Å²) in [4.78, 5) is 0. The Bertz CT molecular complexity index is 741.